The molecule has 0 bridgehead atoms. The van der Waals surface area contributed by atoms with Crippen LogP contribution in [0.5, 0.6) is 0 Å². The molecule has 3 N–H and O–H groups in total. The fraction of sp³-hybridized carbons (Fsp3) is 0.611. The van der Waals surface area contributed by atoms with E-state index in [9.17, 15) is 9.90 Å². The van der Waals surface area contributed by atoms with Crippen LogP contribution in [0, 0.1) is 13.8 Å². The highest BCUT2D eigenvalue weighted by atomic mass is 16.3. The Hall–Kier alpha value is -1.39. The fourth-order valence-corrected chi connectivity index (χ4v) is 3.07. The van der Waals surface area contributed by atoms with Crippen molar-refractivity contribution in [3.8, 4) is 0 Å². The van der Waals surface area contributed by atoms with E-state index in [-0.39, 0.29) is 18.1 Å². The third-order valence-electron chi connectivity index (χ3n) is 4.59. The van der Waals surface area contributed by atoms with Crippen molar-refractivity contribution in [1.82, 2.24) is 5.32 Å². The molecule has 0 aliphatic heterocycles. The van der Waals surface area contributed by atoms with Gasteiger partial charge < -0.3 is 15.7 Å². The van der Waals surface area contributed by atoms with Crippen LogP contribution in [0.15, 0.2) is 18.2 Å². The van der Waals surface area contributed by atoms with E-state index in [1.54, 1.807) is 0 Å². The second-order valence-corrected chi connectivity index (χ2v) is 6.57. The summed E-state index contributed by atoms with van der Waals surface area (Å²) in [5, 5.41) is 16.0. The maximum atomic E-state index is 12.2. The Balaban J connectivity index is 1.80. The molecule has 122 valence electrons. The summed E-state index contributed by atoms with van der Waals surface area (Å²) in [5.41, 5.74) is 3.21. The van der Waals surface area contributed by atoms with E-state index in [0.29, 0.717) is 12.5 Å². The van der Waals surface area contributed by atoms with Gasteiger partial charge in [0.2, 0.25) is 5.91 Å². The highest BCUT2D eigenvalue weighted by molar-refractivity contribution is 5.92. The van der Waals surface area contributed by atoms with Crippen molar-refractivity contribution >= 4 is 11.6 Å². The first kappa shape index (κ1) is 17.0. The summed E-state index contributed by atoms with van der Waals surface area (Å²) in [7, 11) is 0. The van der Waals surface area contributed by atoms with E-state index in [1.807, 2.05) is 39.0 Å². The third-order valence-corrected chi connectivity index (χ3v) is 4.59. The molecule has 1 aliphatic rings. The lowest BCUT2D eigenvalue weighted by atomic mass is 9.92. The lowest BCUT2D eigenvalue weighted by molar-refractivity contribution is -0.116. The molecule has 1 fully saturated rings. The first-order valence-corrected chi connectivity index (χ1v) is 8.26. The van der Waals surface area contributed by atoms with Gasteiger partial charge in [-0.3, -0.25) is 4.79 Å². The fourth-order valence-electron chi connectivity index (χ4n) is 3.07. The molecule has 1 amide bonds. The number of hydrogen-bond donors (Lipinski definition) is 3. The number of anilines is 1. The zero-order chi connectivity index (χ0) is 16.1. The van der Waals surface area contributed by atoms with Crippen LogP contribution in [0.25, 0.3) is 0 Å². The molecule has 4 nitrogen and oxygen atoms in total. The number of hydrogen-bond acceptors (Lipinski definition) is 3. The van der Waals surface area contributed by atoms with Crippen LogP contribution in [-0.4, -0.2) is 29.2 Å². The van der Waals surface area contributed by atoms with Gasteiger partial charge in [-0.1, -0.05) is 12.1 Å². The summed E-state index contributed by atoms with van der Waals surface area (Å²) >= 11 is 0. The Labute approximate surface area is 133 Å². The standard InChI is InChI=1S/C18H28N2O2/c1-12-5-4-6-17(14(12)3)20-18(22)11-13(2)19-15-7-9-16(21)10-8-15/h4-6,13,15-16,19,21H,7-11H2,1-3H3,(H,20,22). The van der Waals surface area contributed by atoms with Gasteiger partial charge in [-0.05, 0) is 63.6 Å². The van der Waals surface area contributed by atoms with Gasteiger partial charge in [-0.25, -0.2) is 0 Å². The monoisotopic (exact) mass is 304 g/mol. The number of aliphatic hydroxyl groups is 1. The zero-order valence-electron chi connectivity index (χ0n) is 13.9. The van der Waals surface area contributed by atoms with Crippen molar-refractivity contribution in [2.75, 3.05) is 5.32 Å². The topological polar surface area (TPSA) is 61.4 Å². The van der Waals surface area contributed by atoms with E-state index < -0.39 is 0 Å². The average Bonchev–Trinajstić information content (AvgIpc) is 2.46. The molecule has 0 saturated heterocycles. The van der Waals surface area contributed by atoms with Gasteiger partial charge in [0, 0.05) is 24.2 Å². The van der Waals surface area contributed by atoms with Crippen molar-refractivity contribution in [2.24, 2.45) is 0 Å². The number of carbonyl (C=O) groups excluding carboxylic acids is 1. The highest BCUT2D eigenvalue weighted by Crippen LogP contribution is 2.20. The number of rotatable bonds is 5. The van der Waals surface area contributed by atoms with Gasteiger partial charge in [0.15, 0.2) is 0 Å². The molecule has 2 rings (SSSR count). The summed E-state index contributed by atoms with van der Waals surface area (Å²) in [4.78, 5) is 12.2. The first-order chi connectivity index (χ1) is 10.5. The quantitative estimate of drug-likeness (QED) is 0.784. The van der Waals surface area contributed by atoms with Crippen LogP contribution in [0.1, 0.15) is 50.2 Å². The van der Waals surface area contributed by atoms with Crippen LogP contribution >= 0.6 is 0 Å². The number of aryl methyl sites for hydroxylation is 1. The van der Waals surface area contributed by atoms with Gasteiger partial charge in [0.25, 0.3) is 0 Å². The minimum absolute atomic E-state index is 0.0459. The lowest BCUT2D eigenvalue weighted by Crippen LogP contribution is -2.41. The predicted octanol–water partition coefficient (Wildman–Crippen LogP) is 2.91. The number of aliphatic hydroxyl groups excluding tert-OH is 1. The van der Waals surface area contributed by atoms with E-state index in [1.165, 1.54) is 5.56 Å². The van der Waals surface area contributed by atoms with Crippen LogP contribution in [0.4, 0.5) is 5.69 Å². The molecule has 1 aromatic carbocycles. The molecular formula is C18H28N2O2. The Morgan fingerprint density at radius 2 is 1.95 bits per heavy atom. The van der Waals surface area contributed by atoms with Gasteiger partial charge >= 0.3 is 0 Å². The van der Waals surface area contributed by atoms with Crippen LogP contribution in [0.2, 0.25) is 0 Å². The van der Waals surface area contributed by atoms with Crippen molar-refractivity contribution < 1.29 is 9.90 Å². The molecule has 1 aromatic rings. The molecule has 1 unspecified atom stereocenters. The lowest BCUT2D eigenvalue weighted by Gasteiger charge is -2.29. The van der Waals surface area contributed by atoms with E-state index >= 15 is 0 Å². The molecule has 0 radical (unpaired) electrons. The number of carbonyl (C=O) groups is 1. The van der Waals surface area contributed by atoms with Crippen molar-refractivity contribution in [1.29, 1.82) is 0 Å². The van der Waals surface area contributed by atoms with Gasteiger partial charge in [0.1, 0.15) is 0 Å². The number of amides is 1. The van der Waals surface area contributed by atoms with E-state index in [2.05, 4.69) is 10.6 Å². The minimum atomic E-state index is -0.138. The Kier molecular flexibility index (Phi) is 5.98. The second kappa shape index (κ2) is 7.75. The highest BCUT2D eigenvalue weighted by Gasteiger charge is 2.21. The molecule has 1 aliphatic carbocycles. The average molecular weight is 304 g/mol. The molecule has 1 saturated carbocycles. The minimum Gasteiger partial charge on any atom is -0.393 e. The molecule has 1 atom stereocenters. The Bertz CT molecular complexity index is 508. The molecule has 22 heavy (non-hydrogen) atoms. The summed E-state index contributed by atoms with van der Waals surface area (Å²) in [6.45, 7) is 6.13. The van der Waals surface area contributed by atoms with Crippen LogP contribution in [0.3, 0.4) is 0 Å². The SMILES string of the molecule is Cc1cccc(NC(=O)CC(C)NC2CCC(O)CC2)c1C. The number of nitrogens with one attached hydrogen (secondary N) is 2. The summed E-state index contributed by atoms with van der Waals surface area (Å²) < 4.78 is 0. The molecule has 0 aromatic heterocycles. The number of benzene rings is 1. The molecular weight excluding hydrogens is 276 g/mol. The van der Waals surface area contributed by atoms with Crippen LogP contribution < -0.4 is 10.6 Å². The smallest absolute Gasteiger partial charge is 0.225 e. The maximum Gasteiger partial charge on any atom is 0.225 e. The Morgan fingerprint density at radius 1 is 1.27 bits per heavy atom. The molecule has 0 heterocycles. The third kappa shape index (κ3) is 4.82. The summed E-state index contributed by atoms with van der Waals surface area (Å²) in [5.74, 6) is 0.0459. The largest absolute Gasteiger partial charge is 0.393 e. The summed E-state index contributed by atoms with van der Waals surface area (Å²) in [6, 6.07) is 6.53. The normalized spacial score (nSPS) is 23.1. The first-order valence-electron chi connectivity index (χ1n) is 8.26. The molecule has 0 spiro atoms. The van der Waals surface area contributed by atoms with E-state index in [4.69, 9.17) is 0 Å². The zero-order valence-corrected chi connectivity index (χ0v) is 13.9. The van der Waals surface area contributed by atoms with E-state index in [0.717, 1.165) is 36.9 Å². The van der Waals surface area contributed by atoms with Crippen molar-refractivity contribution in [3.05, 3.63) is 29.3 Å². The maximum absolute atomic E-state index is 12.2. The predicted molar refractivity (Wildman–Crippen MR) is 90.0 cm³/mol. The van der Waals surface area contributed by atoms with Crippen LogP contribution in [-0.2, 0) is 4.79 Å². The second-order valence-electron chi connectivity index (χ2n) is 6.57. The Morgan fingerprint density at radius 3 is 2.64 bits per heavy atom. The summed E-state index contributed by atoms with van der Waals surface area (Å²) in [6.07, 6.45) is 4.03. The van der Waals surface area contributed by atoms with Crippen molar-refractivity contribution in [3.63, 3.8) is 0 Å². The van der Waals surface area contributed by atoms with Gasteiger partial charge in [-0.2, -0.15) is 0 Å². The molecule has 4 heteroatoms. The van der Waals surface area contributed by atoms with Crippen molar-refractivity contribution in [2.45, 2.75) is 71.1 Å². The van der Waals surface area contributed by atoms with Gasteiger partial charge in [-0.15, -0.1) is 0 Å². The van der Waals surface area contributed by atoms with Gasteiger partial charge in [0.05, 0.1) is 6.10 Å².